The van der Waals surface area contributed by atoms with E-state index in [9.17, 15) is 4.79 Å². The van der Waals surface area contributed by atoms with E-state index in [1.807, 2.05) is 48.7 Å². The fraction of sp³-hybridized carbons (Fsp3) is 0.273. The lowest BCUT2D eigenvalue weighted by Crippen LogP contribution is -2.22. The second kappa shape index (κ2) is 8.33. The first-order valence-electron chi connectivity index (χ1n) is 8.97. The fourth-order valence-corrected chi connectivity index (χ4v) is 3.60. The van der Waals surface area contributed by atoms with Crippen molar-refractivity contribution in [2.45, 2.75) is 33.1 Å². The summed E-state index contributed by atoms with van der Waals surface area (Å²) in [6.45, 7) is 8.36. The Balaban J connectivity index is 1.64. The van der Waals surface area contributed by atoms with Crippen LogP contribution in [0.2, 0.25) is 5.02 Å². The summed E-state index contributed by atoms with van der Waals surface area (Å²) in [5.74, 6) is 0.492. The van der Waals surface area contributed by atoms with Crippen molar-refractivity contribution in [3.63, 3.8) is 0 Å². The molecule has 2 aromatic carbocycles. The molecular weight excluding hydrogens is 392 g/mol. The highest BCUT2D eigenvalue weighted by molar-refractivity contribution is 7.14. The van der Waals surface area contributed by atoms with Crippen LogP contribution >= 0.6 is 22.9 Å². The molecule has 4 nitrogen and oxygen atoms in total. The highest BCUT2D eigenvalue weighted by Gasteiger charge is 2.20. The quantitative estimate of drug-likeness (QED) is 0.549. The van der Waals surface area contributed by atoms with Crippen molar-refractivity contribution in [1.82, 2.24) is 4.98 Å². The van der Waals surface area contributed by atoms with E-state index in [1.54, 1.807) is 0 Å². The highest BCUT2D eigenvalue weighted by atomic mass is 35.5. The SMILES string of the molecule is Cc1ccc(OCC(=O)Nc2nc(-c3ccc(Cl)cc3)cs2)c(C(C)(C)C)c1. The van der Waals surface area contributed by atoms with Gasteiger partial charge in [-0.25, -0.2) is 4.98 Å². The maximum Gasteiger partial charge on any atom is 0.264 e. The number of rotatable bonds is 5. The van der Waals surface area contributed by atoms with E-state index in [-0.39, 0.29) is 17.9 Å². The standard InChI is InChI=1S/C22H23ClN2O2S/c1-14-5-10-19(17(11-14)22(2,3)4)27-12-20(26)25-21-24-18(13-28-21)15-6-8-16(23)9-7-15/h5-11,13H,12H2,1-4H3,(H,24,25,26). The van der Waals surface area contributed by atoms with E-state index in [4.69, 9.17) is 16.3 Å². The number of aromatic nitrogens is 1. The Morgan fingerprint density at radius 3 is 2.57 bits per heavy atom. The predicted octanol–water partition coefficient (Wildman–Crippen LogP) is 6.09. The van der Waals surface area contributed by atoms with Crippen LogP contribution in [-0.2, 0) is 10.2 Å². The number of aryl methyl sites for hydroxylation is 1. The number of ether oxygens (including phenoxy) is 1. The van der Waals surface area contributed by atoms with Crippen molar-refractivity contribution in [1.29, 1.82) is 0 Å². The second-order valence-electron chi connectivity index (χ2n) is 7.63. The molecule has 0 saturated carbocycles. The summed E-state index contributed by atoms with van der Waals surface area (Å²) >= 11 is 7.29. The van der Waals surface area contributed by atoms with Gasteiger partial charge in [-0.1, -0.05) is 62.2 Å². The van der Waals surface area contributed by atoms with Gasteiger partial charge in [0.25, 0.3) is 5.91 Å². The molecule has 0 radical (unpaired) electrons. The zero-order valence-corrected chi connectivity index (χ0v) is 17.9. The maximum atomic E-state index is 12.3. The minimum absolute atomic E-state index is 0.0675. The van der Waals surface area contributed by atoms with E-state index in [2.05, 4.69) is 37.1 Å². The number of nitrogens with zero attached hydrogens (tertiary/aromatic N) is 1. The third-order valence-corrected chi connectivity index (χ3v) is 5.20. The lowest BCUT2D eigenvalue weighted by atomic mass is 9.85. The molecule has 0 aliphatic carbocycles. The number of thiazole rings is 1. The molecule has 1 amide bonds. The molecule has 0 unspecified atom stereocenters. The number of anilines is 1. The average Bonchev–Trinajstić information content (AvgIpc) is 3.09. The molecule has 0 fully saturated rings. The van der Waals surface area contributed by atoms with Crippen LogP contribution in [-0.4, -0.2) is 17.5 Å². The summed E-state index contributed by atoms with van der Waals surface area (Å²) in [5.41, 5.74) is 3.93. The van der Waals surface area contributed by atoms with Crippen molar-refractivity contribution < 1.29 is 9.53 Å². The van der Waals surface area contributed by atoms with Crippen LogP contribution in [0, 0.1) is 6.92 Å². The molecule has 1 N–H and O–H groups in total. The Bertz CT molecular complexity index is 975. The topological polar surface area (TPSA) is 51.2 Å². The monoisotopic (exact) mass is 414 g/mol. The number of hydrogen-bond acceptors (Lipinski definition) is 4. The van der Waals surface area contributed by atoms with Crippen molar-refractivity contribution in [2.75, 3.05) is 11.9 Å². The van der Waals surface area contributed by atoms with Crippen LogP contribution in [0.3, 0.4) is 0 Å². The first-order valence-corrected chi connectivity index (χ1v) is 10.2. The molecule has 0 bridgehead atoms. The largest absolute Gasteiger partial charge is 0.483 e. The van der Waals surface area contributed by atoms with Gasteiger partial charge in [-0.15, -0.1) is 11.3 Å². The molecule has 28 heavy (non-hydrogen) atoms. The summed E-state index contributed by atoms with van der Waals surface area (Å²) in [4.78, 5) is 16.8. The van der Waals surface area contributed by atoms with Crippen LogP contribution < -0.4 is 10.1 Å². The molecule has 0 aliphatic heterocycles. The molecule has 146 valence electrons. The van der Waals surface area contributed by atoms with Gasteiger partial charge >= 0.3 is 0 Å². The van der Waals surface area contributed by atoms with Gasteiger partial charge in [0.1, 0.15) is 5.75 Å². The number of nitrogens with one attached hydrogen (secondary N) is 1. The Kier molecular flexibility index (Phi) is 6.06. The number of carbonyl (C=O) groups is 1. The summed E-state index contributed by atoms with van der Waals surface area (Å²) in [7, 11) is 0. The van der Waals surface area contributed by atoms with E-state index < -0.39 is 0 Å². The van der Waals surface area contributed by atoms with Gasteiger partial charge in [-0.2, -0.15) is 0 Å². The van der Waals surface area contributed by atoms with Gasteiger partial charge in [0.2, 0.25) is 0 Å². The smallest absolute Gasteiger partial charge is 0.264 e. The first-order chi connectivity index (χ1) is 13.2. The van der Waals surface area contributed by atoms with Crippen LogP contribution in [0.1, 0.15) is 31.9 Å². The number of hydrogen-bond donors (Lipinski definition) is 1. The molecule has 0 atom stereocenters. The lowest BCUT2D eigenvalue weighted by Gasteiger charge is -2.23. The molecule has 3 aromatic rings. The third-order valence-electron chi connectivity index (χ3n) is 4.19. The predicted molar refractivity (Wildman–Crippen MR) is 117 cm³/mol. The number of amides is 1. The molecule has 1 heterocycles. The van der Waals surface area contributed by atoms with Gasteiger partial charge in [0, 0.05) is 16.0 Å². The summed E-state index contributed by atoms with van der Waals surface area (Å²) in [6, 6.07) is 13.4. The molecule has 0 aliphatic rings. The van der Waals surface area contributed by atoms with Crippen LogP contribution in [0.4, 0.5) is 5.13 Å². The zero-order chi connectivity index (χ0) is 20.3. The van der Waals surface area contributed by atoms with E-state index >= 15 is 0 Å². The highest BCUT2D eigenvalue weighted by Crippen LogP contribution is 2.32. The van der Waals surface area contributed by atoms with E-state index in [1.165, 1.54) is 16.9 Å². The van der Waals surface area contributed by atoms with Gasteiger partial charge in [-0.3, -0.25) is 10.1 Å². The van der Waals surface area contributed by atoms with E-state index in [0.29, 0.717) is 10.2 Å². The lowest BCUT2D eigenvalue weighted by molar-refractivity contribution is -0.118. The van der Waals surface area contributed by atoms with Gasteiger partial charge in [0.05, 0.1) is 5.69 Å². The third kappa shape index (κ3) is 5.12. The fourth-order valence-electron chi connectivity index (χ4n) is 2.74. The zero-order valence-electron chi connectivity index (χ0n) is 16.4. The number of benzene rings is 2. The van der Waals surface area contributed by atoms with Crippen LogP contribution in [0.5, 0.6) is 5.75 Å². The number of halogens is 1. The molecule has 3 rings (SSSR count). The van der Waals surface area contributed by atoms with Gasteiger partial charge in [-0.05, 0) is 36.1 Å². The van der Waals surface area contributed by atoms with Crippen LogP contribution in [0.15, 0.2) is 47.8 Å². The number of carbonyl (C=O) groups excluding carboxylic acids is 1. The van der Waals surface area contributed by atoms with Crippen molar-refractivity contribution in [3.8, 4) is 17.0 Å². The van der Waals surface area contributed by atoms with Gasteiger partial charge < -0.3 is 4.74 Å². The molecular formula is C22H23ClN2O2S. The first kappa shape index (κ1) is 20.4. The van der Waals surface area contributed by atoms with Crippen LogP contribution in [0.25, 0.3) is 11.3 Å². The maximum absolute atomic E-state index is 12.3. The van der Waals surface area contributed by atoms with E-state index in [0.717, 1.165) is 22.6 Å². The Morgan fingerprint density at radius 2 is 1.89 bits per heavy atom. The minimum Gasteiger partial charge on any atom is -0.483 e. The summed E-state index contributed by atoms with van der Waals surface area (Å²) in [6.07, 6.45) is 0. The second-order valence-corrected chi connectivity index (χ2v) is 8.93. The Hall–Kier alpha value is -2.37. The summed E-state index contributed by atoms with van der Waals surface area (Å²) in [5, 5.41) is 5.92. The molecule has 0 spiro atoms. The Labute approximate surface area is 174 Å². The molecule has 6 heteroatoms. The van der Waals surface area contributed by atoms with Crippen molar-refractivity contribution in [2.24, 2.45) is 0 Å². The molecule has 1 aromatic heterocycles. The average molecular weight is 415 g/mol. The van der Waals surface area contributed by atoms with Crippen molar-refractivity contribution >= 4 is 34.0 Å². The normalized spacial score (nSPS) is 11.3. The molecule has 0 saturated heterocycles. The summed E-state index contributed by atoms with van der Waals surface area (Å²) < 4.78 is 5.81. The van der Waals surface area contributed by atoms with Crippen molar-refractivity contribution in [3.05, 3.63) is 64.0 Å². The van der Waals surface area contributed by atoms with Gasteiger partial charge in [0.15, 0.2) is 11.7 Å². The minimum atomic E-state index is -0.238. The Morgan fingerprint density at radius 1 is 1.18 bits per heavy atom.